The summed E-state index contributed by atoms with van der Waals surface area (Å²) in [5.41, 5.74) is 0.489. The Morgan fingerprint density at radius 3 is 2.52 bits per heavy atom. The lowest BCUT2D eigenvalue weighted by Gasteiger charge is -2.11. The number of amides is 2. The number of carboxylic acid groups (broad SMARTS) is 1. The molecule has 0 saturated carbocycles. The Morgan fingerprint density at radius 2 is 1.91 bits per heavy atom. The van der Waals surface area contributed by atoms with Crippen LogP contribution < -0.4 is 10.6 Å². The van der Waals surface area contributed by atoms with Crippen molar-refractivity contribution in [1.82, 2.24) is 5.32 Å². The summed E-state index contributed by atoms with van der Waals surface area (Å²) in [5.74, 6) is -1.73. The highest BCUT2D eigenvalue weighted by Crippen LogP contribution is 2.13. The second kappa shape index (κ2) is 9.83. The lowest BCUT2D eigenvalue weighted by atomic mass is 10.3. The lowest BCUT2D eigenvalue weighted by molar-refractivity contribution is -0.137. The molecule has 0 aromatic heterocycles. The van der Waals surface area contributed by atoms with Crippen LogP contribution in [0.1, 0.15) is 19.8 Å². The molecule has 3 N–H and O–H groups in total. The monoisotopic (exact) mass is 342 g/mol. The van der Waals surface area contributed by atoms with E-state index in [0.29, 0.717) is 12.1 Å². The van der Waals surface area contributed by atoms with Crippen molar-refractivity contribution < 1.29 is 23.9 Å². The van der Waals surface area contributed by atoms with Gasteiger partial charge in [-0.25, -0.2) is 4.39 Å². The molecule has 0 saturated heterocycles. The van der Waals surface area contributed by atoms with E-state index >= 15 is 0 Å². The molecule has 0 aliphatic heterocycles. The number of aliphatic carboxylic acids is 1. The van der Waals surface area contributed by atoms with Crippen molar-refractivity contribution in [2.24, 2.45) is 0 Å². The quantitative estimate of drug-likeness (QED) is 0.596. The van der Waals surface area contributed by atoms with E-state index in [9.17, 15) is 18.8 Å². The molecule has 0 fully saturated rings. The van der Waals surface area contributed by atoms with Gasteiger partial charge in [-0.3, -0.25) is 14.4 Å². The van der Waals surface area contributed by atoms with Gasteiger partial charge in [0.2, 0.25) is 11.8 Å². The number of halogens is 1. The van der Waals surface area contributed by atoms with E-state index in [1.54, 1.807) is 6.92 Å². The van der Waals surface area contributed by atoms with Gasteiger partial charge in [0.15, 0.2) is 0 Å². The minimum absolute atomic E-state index is 0.00186. The van der Waals surface area contributed by atoms with Gasteiger partial charge in [-0.1, -0.05) is 0 Å². The molecule has 0 radical (unpaired) electrons. The third kappa shape index (κ3) is 8.20. The second-order valence-corrected chi connectivity index (χ2v) is 6.13. The number of thioether (sulfide) groups is 1. The van der Waals surface area contributed by atoms with Gasteiger partial charge >= 0.3 is 5.97 Å². The minimum atomic E-state index is -0.904. The summed E-state index contributed by atoms with van der Waals surface area (Å²) < 4.78 is 12.7. The maximum absolute atomic E-state index is 12.7. The van der Waals surface area contributed by atoms with E-state index in [4.69, 9.17) is 5.11 Å². The summed E-state index contributed by atoms with van der Waals surface area (Å²) >= 11 is 1.16. The average molecular weight is 342 g/mol. The maximum Gasteiger partial charge on any atom is 0.303 e. The van der Waals surface area contributed by atoms with Gasteiger partial charge in [-0.05, 0) is 37.6 Å². The summed E-state index contributed by atoms with van der Waals surface area (Å²) in [7, 11) is 0. The van der Waals surface area contributed by atoms with Gasteiger partial charge < -0.3 is 15.7 Å². The van der Waals surface area contributed by atoms with Crippen molar-refractivity contribution >= 4 is 35.2 Å². The van der Waals surface area contributed by atoms with Crippen LogP contribution in [-0.4, -0.2) is 40.4 Å². The molecule has 0 bridgehead atoms. The van der Waals surface area contributed by atoms with Crippen LogP contribution in [0, 0.1) is 5.82 Å². The first-order valence-corrected chi connectivity index (χ1v) is 8.10. The molecule has 1 atom stereocenters. The van der Waals surface area contributed by atoms with E-state index < -0.39 is 11.2 Å². The first-order chi connectivity index (χ1) is 10.9. The normalized spacial score (nSPS) is 11.6. The molecule has 6 nitrogen and oxygen atoms in total. The number of hydrogen-bond donors (Lipinski definition) is 3. The van der Waals surface area contributed by atoms with E-state index in [2.05, 4.69) is 10.6 Å². The van der Waals surface area contributed by atoms with E-state index in [1.807, 2.05) is 0 Å². The molecule has 126 valence electrons. The Labute approximate surface area is 137 Å². The van der Waals surface area contributed by atoms with Gasteiger partial charge in [0.1, 0.15) is 5.82 Å². The Hall–Kier alpha value is -2.09. The van der Waals surface area contributed by atoms with Crippen LogP contribution in [0.15, 0.2) is 24.3 Å². The molecule has 0 aliphatic rings. The molecule has 0 aliphatic carbocycles. The van der Waals surface area contributed by atoms with Crippen molar-refractivity contribution in [2.45, 2.75) is 25.0 Å². The van der Waals surface area contributed by atoms with Crippen molar-refractivity contribution in [3.8, 4) is 0 Å². The van der Waals surface area contributed by atoms with Crippen LogP contribution in [-0.2, 0) is 14.4 Å². The number of nitrogens with one attached hydrogen (secondary N) is 2. The predicted molar refractivity (Wildman–Crippen MR) is 86.8 cm³/mol. The predicted octanol–water partition coefficient (Wildman–Crippen LogP) is 1.87. The van der Waals surface area contributed by atoms with E-state index in [1.165, 1.54) is 24.3 Å². The van der Waals surface area contributed by atoms with Crippen molar-refractivity contribution in [2.75, 3.05) is 17.6 Å². The largest absolute Gasteiger partial charge is 0.481 e. The molecule has 1 aromatic carbocycles. The molecule has 8 heteroatoms. The number of hydrogen-bond acceptors (Lipinski definition) is 4. The smallest absolute Gasteiger partial charge is 0.303 e. The van der Waals surface area contributed by atoms with E-state index in [0.717, 1.165) is 11.8 Å². The van der Waals surface area contributed by atoms with Crippen LogP contribution in [0.25, 0.3) is 0 Å². The fourth-order valence-electron chi connectivity index (χ4n) is 1.60. The Bertz CT molecular complexity index is 551. The second-order valence-electron chi connectivity index (χ2n) is 4.80. The molecule has 0 heterocycles. The Morgan fingerprint density at radius 1 is 1.26 bits per heavy atom. The molecule has 1 unspecified atom stereocenters. The molecule has 0 spiro atoms. The number of benzene rings is 1. The first-order valence-electron chi connectivity index (χ1n) is 7.05. The Kier molecular flexibility index (Phi) is 8.10. The minimum Gasteiger partial charge on any atom is -0.481 e. The fourth-order valence-corrected chi connectivity index (χ4v) is 2.31. The van der Waals surface area contributed by atoms with Crippen LogP contribution in [0.3, 0.4) is 0 Å². The van der Waals surface area contributed by atoms with Gasteiger partial charge in [0.05, 0.1) is 11.0 Å². The number of carboxylic acids is 1. The van der Waals surface area contributed by atoms with Gasteiger partial charge in [0, 0.05) is 18.7 Å². The SMILES string of the molecule is CC(SCC(=O)Nc1ccc(F)cc1)C(=O)NCCCC(=O)O. The van der Waals surface area contributed by atoms with Crippen LogP contribution in [0.5, 0.6) is 0 Å². The number of rotatable bonds is 9. The standard InChI is InChI=1S/C15H19FN2O4S/c1-10(15(22)17-8-2-3-14(20)21)23-9-13(19)18-12-6-4-11(16)5-7-12/h4-7,10H,2-3,8-9H2,1H3,(H,17,22)(H,18,19)(H,20,21). The first kappa shape index (κ1) is 19.0. The number of anilines is 1. The zero-order valence-corrected chi connectivity index (χ0v) is 13.5. The molecule has 1 rings (SSSR count). The van der Waals surface area contributed by atoms with Crippen molar-refractivity contribution in [1.29, 1.82) is 0 Å². The summed E-state index contributed by atoms with van der Waals surface area (Å²) in [6.07, 6.45) is 0.366. The summed E-state index contributed by atoms with van der Waals surface area (Å²) in [5, 5.41) is 13.3. The van der Waals surface area contributed by atoms with Crippen LogP contribution in [0.4, 0.5) is 10.1 Å². The highest BCUT2D eigenvalue weighted by molar-refractivity contribution is 8.01. The highest BCUT2D eigenvalue weighted by atomic mass is 32.2. The summed E-state index contributed by atoms with van der Waals surface area (Å²) in [6.45, 7) is 1.96. The molecule has 2 amide bonds. The molecule has 23 heavy (non-hydrogen) atoms. The van der Waals surface area contributed by atoms with Crippen molar-refractivity contribution in [3.63, 3.8) is 0 Å². The zero-order chi connectivity index (χ0) is 17.2. The third-order valence-electron chi connectivity index (χ3n) is 2.83. The van der Waals surface area contributed by atoms with Crippen LogP contribution in [0.2, 0.25) is 0 Å². The van der Waals surface area contributed by atoms with E-state index in [-0.39, 0.29) is 36.4 Å². The molecular formula is C15H19FN2O4S. The van der Waals surface area contributed by atoms with Crippen LogP contribution >= 0.6 is 11.8 Å². The van der Waals surface area contributed by atoms with Gasteiger partial charge in [-0.15, -0.1) is 11.8 Å². The van der Waals surface area contributed by atoms with Gasteiger partial charge in [-0.2, -0.15) is 0 Å². The number of carbonyl (C=O) groups is 3. The zero-order valence-electron chi connectivity index (χ0n) is 12.7. The number of carbonyl (C=O) groups excluding carboxylic acids is 2. The lowest BCUT2D eigenvalue weighted by Crippen LogP contribution is -2.32. The highest BCUT2D eigenvalue weighted by Gasteiger charge is 2.15. The Balaban J connectivity index is 2.24. The molecular weight excluding hydrogens is 323 g/mol. The third-order valence-corrected chi connectivity index (χ3v) is 3.97. The summed E-state index contributed by atoms with van der Waals surface area (Å²) in [4.78, 5) is 33.8. The van der Waals surface area contributed by atoms with Crippen molar-refractivity contribution in [3.05, 3.63) is 30.1 Å². The van der Waals surface area contributed by atoms with Gasteiger partial charge in [0.25, 0.3) is 0 Å². The fraction of sp³-hybridized carbons (Fsp3) is 0.400. The molecule has 1 aromatic rings. The maximum atomic E-state index is 12.7. The summed E-state index contributed by atoms with van der Waals surface area (Å²) in [6, 6.07) is 5.40. The average Bonchev–Trinajstić information content (AvgIpc) is 2.51. The topological polar surface area (TPSA) is 95.5 Å².